The van der Waals surface area contributed by atoms with Gasteiger partial charge in [0.25, 0.3) is 0 Å². The van der Waals surface area contributed by atoms with E-state index in [9.17, 15) is 9.59 Å². The molecule has 1 unspecified atom stereocenters. The molecule has 152 valence electrons. The van der Waals surface area contributed by atoms with Crippen molar-refractivity contribution in [1.82, 2.24) is 14.8 Å². The van der Waals surface area contributed by atoms with E-state index in [1.54, 1.807) is 12.1 Å². The van der Waals surface area contributed by atoms with Crippen LogP contribution in [0.5, 0.6) is 0 Å². The van der Waals surface area contributed by atoms with Gasteiger partial charge >= 0.3 is 5.97 Å². The molecule has 2 aliphatic heterocycles. The van der Waals surface area contributed by atoms with Gasteiger partial charge in [0.1, 0.15) is 11.9 Å². The van der Waals surface area contributed by atoms with Gasteiger partial charge in [0.2, 0.25) is 5.91 Å². The summed E-state index contributed by atoms with van der Waals surface area (Å²) in [6.45, 7) is 0.942. The van der Waals surface area contributed by atoms with Gasteiger partial charge in [-0.2, -0.15) is 0 Å². The third kappa shape index (κ3) is 3.47. The Morgan fingerprint density at radius 3 is 2.77 bits per heavy atom. The number of hydrogen-bond acceptors (Lipinski definition) is 5. The van der Waals surface area contributed by atoms with Gasteiger partial charge in [-0.15, -0.1) is 10.2 Å². The fourth-order valence-corrected chi connectivity index (χ4v) is 4.15. The average Bonchev–Trinajstić information content (AvgIpc) is 3.20. The molecular weight excluding hydrogens is 380 g/mol. The smallest absolute Gasteiger partial charge is 0.339 e. The SMILES string of the molecule is O=C(CC1OC(=O)c2ccccc21)Nc1ccc(-c2nnc3n2CCCCC3)cc1. The van der Waals surface area contributed by atoms with Crippen LogP contribution in [0.3, 0.4) is 0 Å². The van der Waals surface area contributed by atoms with Crippen LogP contribution in [-0.2, 0) is 22.5 Å². The van der Waals surface area contributed by atoms with Crippen LogP contribution in [0.15, 0.2) is 48.5 Å². The number of aromatic nitrogens is 3. The Hall–Kier alpha value is -3.48. The monoisotopic (exact) mass is 402 g/mol. The van der Waals surface area contributed by atoms with Crippen LogP contribution in [0.4, 0.5) is 5.69 Å². The molecule has 5 rings (SSSR count). The van der Waals surface area contributed by atoms with E-state index >= 15 is 0 Å². The van der Waals surface area contributed by atoms with Crippen LogP contribution < -0.4 is 5.32 Å². The number of aryl methyl sites for hydroxylation is 1. The van der Waals surface area contributed by atoms with Crippen LogP contribution in [0.2, 0.25) is 0 Å². The lowest BCUT2D eigenvalue weighted by atomic mass is 10.0. The third-order valence-electron chi connectivity index (χ3n) is 5.68. The van der Waals surface area contributed by atoms with E-state index in [0.717, 1.165) is 48.6 Å². The molecule has 1 amide bonds. The number of carbonyl (C=O) groups excluding carboxylic acids is 2. The lowest BCUT2D eigenvalue weighted by Gasteiger charge is -2.12. The number of rotatable bonds is 4. The van der Waals surface area contributed by atoms with Crippen molar-refractivity contribution in [1.29, 1.82) is 0 Å². The molecule has 1 aromatic heterocycles. The number of fused-ring (bicyclic) bond motifs is 2. The molecule has 0 aliphatic carbocycles. The minimum absolute atomic E-state index is 0.0855. The molecule has 30 heavy (non-hydrogen) atoms. The maximum atomic E-state index is 12.5. The summed E-state index contributed by atoms with van der Waals surface area (Å²) in [4.78, 5) is 24.4. The lowest BCUT2D eigenvalue weighted by molar-refractivity contribution is -0.118. The summed E-state index contributed by atoms with van der Waals surface area (Å²) in [6.07, 6.45) is 4.02. The molecule has 2 aliphatic rings. The zero-order valence-corrected chi connectivity index (χ0v) is 16.5. The fraction of sp³-hybridized carbons (Fsp3) is 0.304. The van der Waals surface area contributed by atoms with E-state index in [2.05, 4.69) is 20.1 Å². The molecule has 1 N–H and O–H groups in total. The summed E-state index contributed by atoms with van der Waals surface area (Å²) in [7, 11) is 0. The molecule has 3 aromatic rings. The Kier molecular flexibility index (Phi) is 4.78. The van der Waals surface area contributed by atoms with E-state index in [0.29, 0.717) is 11.3 Å². The topological polar surface area (TPSA) is 86.1 Å². The molecule has 3 heterocycles. The standard InChI is InChI=1S/C23H22N4O3/c28-21(14-19-17-6-3-4-7-18(17)23(29)30-19)24-16-11-9-15(10-12-16)22-26-25-20-8-2-1-5-13-27(20)22/h3-4,6-7,9-12,19H,1-2,5,8,13-14H2,(H,24,28). The van der Waals surface area contributed by atoms with Crippen molar-refractivity contribution in [2.75, 3.05) is 5.32 Å². The molecule has 0 spiro atoms. The average molecular weight is 402 g/mol. The van der Waals surface area contributed by atoms with Crippen molar-refractivity contribution in [2.45, 2.75) is 44.8 Å². The Labute approximate surface area is 174 Å². The summed E-state index contributed by atoms with van der Waals surface area (Å²) in [5.74, 6) is 1.35. The van der Waals surface area contributed by atoms with Gasteiger partial charge in [-0.25, -0.2) is 4.79 Å². The first-order valence-corrected chi connectivity index (χ1v) is 10.3. The molecule has 7 heteroatoms. The first kappa shape index (κ1) is 18.5. The third-order valence-corrected chi connectivity index (χ3v) is 5.68. The van der Waals surface area contributed by atoms with Gasteiger partial charge in [0, 0.05) is 29.8 Å². The van der Waals surface area contributed by atoms with Gasteiger partial charge < -0.3 is 14.6 Å². The predicted octanol–water partition coefficient (Wildman–Crippen LogP) is 3.91. The van der Waals surface area contributed by atoms with Crippen molar-refractivity contribution in [3.63, 3.8) is 0 Å². The fourth-order valence-electron chi connectivity index (χ4n) is 4.15. The number of anilines is 1. The van der Waals surface area contributed by atoms with E-state index < -0.39 is 6.10 Å². The second-order valence-electron chi connectivity index (χ2n) is 7.71. The van der Waals surface area contributed by atoms with E-state index in [1.807, 2.05) is 36.4 Å². The number of carbonyl (C=O) groups is 2. The summed E-state index contributed by atoms with van der Waals surface area (Å²) in [5.41, 5.74) is 2.97. The molecule has 2 aromatic carbocycles. The number of esters is 1. The van der Waals surface area contributed by atoms with E-state index in [-0.39, 0.29) is 18.3 Å². The minimum atomic E-state index is -0.542. The highest BCUT2D eigenvalue weighted by atomic mass is 16.5. The van der Waals surface area contributed by atoms with Crippen LogP contribution in [0.25, 0.3) is 11.4 Å². The Morgan fingerprint density at radius 1 is 1.07 bits per heavy atom. The number of cyclic esters (lactones) is 1. The Balaban J connectivity index is 1.26. The first-order valence-electron chi connectivity index (χ1n) is 10.3. The largest absolute Gasteiger partial charge is 0.453 e. The summed E-state index contributed by atoms with van der Waals surface area (Å²) in [6, 6.07) is 14.8. The van der Waals surface area contributed by atoms with Crippen molar-refractivity contribution in [3.8, 4) is 11.4 Å². The van der Waals surface area contributed by atoms with Crippen LogP contribution in [0.1, 0.15) is 53.5 Å². The van der Waals surface area contributed by atoms with Crippen molar-refractivity contribution in [2.24, 2.45) is 0 Å². The van der Waals surface area contributed by atoms with Gasteiger partial charge in [-0.1, -0.05) is 24.6 Å². The molecule has 0 saturated carbocycles. The maximum absolute atomic E-state index is 12.5. The van der Waals surface area contributed by atoms with Crippen LogP contribution in [0, 0.1) is 0 Å². The number of hydrogen-bond donors (Lipinski definition) is 1. The van der Waals surface area contributed by atoms with Gasteiger partial charge in [-0.3, -0.25) is 4.79 Å². The second-order valence-corrected chi connectivity index (χ2v) is 7.71. The highest BCUT2D eigenvalue weighted by Crippen LogP contribution is 2.33. The van der Waals surface area contributed by atoms with Gasteiger partial charge in [-0.05, 0) is 43.2 Å². The zero-order valence-electron chi connectivity index (χ0n) is 16.5. The van der Waals surface area contributed by atoms with Gasteiger partial charge in [0.15, 0.2) is 5.82 Å². The van der Waals surface area contributed by atoms with Crippen LogP contribution >= 0.6 is 0 Å². The lowest BCUT2D eigenvalue weighted by Crippen LogP contribution is -2.15. The molecule has 0 radical (unpaired) electrons. The highest BCUT2D eigenvalue weighted by Gasteiger charge is 2.32. The summed E-state index contributed by atoms with van der Waals surface area (Å²) < 4.78 is 7.55. The zero-order chi connectivity index (χ0) is 20.5. The molecule has 7 nitrogen and oxygen atoms in total. The number of ether oxygens (including phenoxy) is 1. The predicted molar refractivity (Wildman–Crippen MR) is 111 cm³/mol. The quantitative estimate of drug-likeness (QED) is 0.669. The maximum Gasteiger partial charge on any atom is 0.339 e. The molecule has 0 fully saturated rings. The molecular formula is C23H22N4O3. The molecule has 0 saturated heterocycles. The van der Waals surface area contributed by atoms with Crippen LogP contribution in [-0.4, -0.2) is 26.6 Å². The normalized spacial score (nSPS) is 17.6. The van der Waals surface area contributed by atoms with Crippen molar-refractivity contribution >= 4 is 17.6 Å². The molecule has 1 atom stereocenters. The van der Waals surface area contributed by atoms with Gasteiger partial charge in [0.05, 0.1) is 12.0 Å². The Morgan fingerprint density at radius 2 is 1.90 bits per heavy atom. The minimum Gasteiger partial charge on any atom is -0.453 e. The number of benzene rings is 2. The molecule has 0 bridgehead atoms. The number of nitrogens with zero attached hydrogens (tertiary/aromatic N) is 3. The van der Waals surface area contributed by atoms with E-state index in [1.165, 1.54) is 6.42 Å². The summed E-state index contributed by atoms with van der Waals surface area (Å²) in [5, 5.41) is 11.6. The number of nitrogens with one attached hydrogen (secondary N) is 1. The Bertz CT molecular complexity index is 1100. The summed E-state index contributed by atoms with van der Waals surface area (Å²) >= 11 is 0. The first-order chi connectivity index (χ1) is 14.7. The number of amides is 1. The van der Waals surface area contributed by atoms with Crippen molar-refractivity contribution < 1.29 is 14.3 Å². The highest BCUT2D eigenvalue weighted by molar-refractivity contribution is 5.96. The van der Waals surface area contributed by atoms with Crippen molar-refractivity contribution in [3.05, 3.63) is 65.5 Å². The second kappa shape index (κ2) is 7.74. The van der Waals surface area contributed by atoms with E-state index in [4.69, 9.17) is 4.74 Å².